The van der Waals surface area contributed by atoms with Crippen molar-refractivity contribution in [1.82, 2.24) is 24.8 Å². The molecule has 0 N–H and O–H groups in total. The Morgan fingerprint density at radius 2 is 1.68 bits per heavy atom. The number of ether oxygens (including phenoxy) is 1. The average Bonchev–Trinajstić information content (AvgIpc) is 3.27. The molecule has 2 saturated heterocycles. The lowest BCUT2D eigenvalue weighted by atomic mass is 10.2. The van der Waals surface area contributed by atoms with E-state index in [0.717, 1.165) is 79.0 Å². The number of fused-ring (bicyclic) bond motifs is 1. The molecule has 0 saturated carbocycles. The quantitative estimate of drug-likeness (QED) is 0.525. The third kappa shape index (κ3) is 5.79. The molecule has 2 aliphatic heterocycles. The van der Waals surface area contributed by atoms with Crippen LogP contribution in [0.15, 0.2) is 28.9 Å². The van der Waals surface area contributed by atoms with E-state index in [4.69, 9.17) is 14.1 Å². The minimum Gasteiger partial charge on any atom is -0.444 e. The Bertz CT molecular complexity index is 1250. The standard InChI is InChI=1S/C27H37N7O3/c1-19-20(2)28-18-29-25(19)33-10-8-31(9-11-33)17-24-30-22-7-6-21(16-23(22)36-24)32-12-14-34(15-13-32)26(35)37-27(3,4)5/h6-7,16,18H,8-15,17H2,1-5H3. The second-order valence-corrected chi connectivity index (χ2v) is 10.9. The maximum Gasteiger partial charge on any atom is 0.410 e. The van der Waals surface area contributed by atoms with Crippen LogP contribution in [0.4, 0.5) is 16.3 Å². The predicted molar refractivity (Wildman–Crippen MR) is 143 cm³/mol. The fourth-order valence-electron chi connectivity index (χ4n) is 4.85. The predicted octanol–water partition coefficient (Wildman–Crippen LogP) is 3.61. The van der Waals surface area contributed by atoms with E-state index in [1.807, 2.05) is 33.8 Å². The lowest BCUT2D eigenvalue weighted by Crippen LogP contribution is -2.50. The van der Waals surface area contributed by atoms with Gasteiger partial charge >= 0.3 is 6.09 Å². The van der Waals surface area contributed by atoms with Crippen LogP contribution in [0, 0.1) is 13.8 Å². The molecule has 5 rings (SSSR count). The summed E-state index contributed by atoms with van der Waals surface area (Å²) in [6.45, 7) is 16.9. The zero-order chi connectivity index (χ0) is 26.2. The van der Waals surface area contributed by atoms with Gasteiger partial charge in [0.05, 0.1) is 6.54 Å². The molecule has 0 unspecified atom stereocenters. The lowest BCUT2D eigenvalue weighted by molar-refractivity contribution is 0.0240. The summed E-state index contributed by atoms with van der Waals surface area (Å²) in [5.41, 5.74) is 4.46. The van der Waals surface area contributed by atoms with Gasteiger partial charge in [-0.05, 0) is 46.8 Å². The number of piperazine rings is 2. The van der Waals surface area contributed by atoms with Crippen molar-refractivity contribution in [3.8, 4) is 0 Å². The van der Waals surface area contributed by atoms with Gasteiger partial charge in [-0.15, -0.1) is 0 Å². The fraction of sp³-hybridized carbons (Fsp3) is 0.556. The summed E-state index contributed by atoms with van der Waals surface area (Å²) in [5, 5.41) is 0. The number of benzene rings is 1. The van der Waals surface area contributed by atoms with Crippen LogP contribution in [0.25, 0.3) is 11.1 Å². The summed E-state index contributed by atoms with van der Waals surface area (Å²) in [4.78, 5) is 34.7. The molecule has 0 aliphatic carbocycles. The van der Waals surface area contributed by atoms with Gasteiger partial charge in [0, 0.05) is 75.4 Å². The zero-order valence-corrected chi connectivity index (χ0v) is 22.5. The Hall–Kier alpha value is -3.40. The molecule has 1 aromatic carbocycles. The summed E-state index contributed by atoms with van der Waals surface area (Å²) in [6.07, 6.45) is 1.41. The fourth-order valence-corrected chi connectivity index (χ4v) is 4.85. The number of hydrogen-bond donors (Lipinski definition) is 0. The van der Waals surface area contributed by atoms with Gasteiger partial charge in [-0.2, -0.15) is 0 Å². The number of anilines is 2. The Labute approximate surface area is 218 Å². The average molecular weight is 508 g/mol. The van der Waals surface area contributed by atoms with Gasteiger partial charge in [-0.3, -0.25) is 4.90 Å². The minimum absolute atomic E-state index is 0.245. The lowest BCUT2D eigenvalue weighted by Gasteiger charge is -2.36. The van der Waals surface area contributed by atoms with Crippen LogP contribution in [0.1, 0.15) is 37.9 Å². The van der Waals surface area contributed by atoms with Gasteiger partial charge in [0.2, 0.25) is 5.89 Å². The molecule has 2 fully saturated rings. The number of nitrogens with zero attached hydrogens (tertiary/aromatic N) is 7. The summed E-state index contributed by atoms with van der Waals surface area (Å²) in [5.74, 6) is 1.78. The SMILES string of the molecule is Cc1ncnc(N2CCN(Cc3nc4ccc(N5CCN(C(=O)OC(C)(C)C)CC5)cc4o3)CC2)c1C. The maximum absolute atomic E-state index is 12.4. The highest BCUT2D eigenvalue weighted by Gasteiger charge is 2.26. The van der Waals surface area contributed by atoms with Crippen molar-refractivity contribution in [3.63, 3.8) is 0 Å². The van der Waals surface area contributed by atoms with Crippen LogP contribution in [-0.4, -0.2) is 88.8 Å². The van der Waals surface area contributed by atoms with E-state index in [1.54, 1.807) is 11.2 Å². The normalized spacial score (nSPS) is 17.5. The highest BCUT2D eigenvalue weighted by atomic mass is 16.6. The van der Waals surface area contributed by atoms with Gasteiger partial charge in [-0.1, -0.05) is 0 Å². The molecule has 198 valence electrons. The van der Waals surface area contributed by atoms with Crippen molar-refractivity contribution in [2.45, 2.75) is 46.8 Å². The topological polar surface area (TPSA) is 91.1 Å². The van der Waals surface area contributed by atoms with Gasteiger partial charge < -0.3 is 23.9 Å². The molecule has 2 aliphatic rings. The first-order valence-corrected chi connectivity index (χ1v) is 13.0. The van der Waals surface area contributed by atoms with Crippen molar-refractivity contribution < 1.29 is 13.9 Å². The minimum atomic E-state index is -0.480. The van der Waals surface area contributed by atoms with Crippen molar-refractivity contribution in [2.24, 2.45) is 0 Å². The largest absolute Gasteiger partial charge is 0.444 e. The smallest absolute Gasteiger partial charge is 0.410 e. The molecule has 1 amide bonds. The molecule has 10 nitrogen and oxygen atoms in total. The molecule has 2 aromatic heterocycles. The molecule has 4 heterocycles. The number of rotatable bonds is 4. The third-order valence-corrected chi connectivity index (χ3v) is 7.05. The first-order valence-electron chi connectivity index (χ1n) is 13.0. The molecule has 10 heteroatoms. The molecule has 3 aromatic rings. The van der Waals surface area contributed by atoms with Crippen LogP contribution < -0.4 is 9.80 Å². The number of aryl methyl sites for hydroxylation is 1. The first kappa shape index (κ1) is 25.3. The van der Waals surface area contributed by atoms with E-state index in [9.17, 15) is 4.79 Å². The number of oxazole rings is 1. The summed E-state index contributed by atoms with van der Waals surface area (Å²) in [6, 6.07) is 6.17. The Morgan fingerprint density at radius 3 is 2.38 bits per heavy atom. The number of amides is 1. The van der Waals surface area contributed by atoms with E-state index in [2.05, 4.69) is 43.7 Å². The van der Waals surface area contributed by atoms with E-state index in [0.29, 0.717) is 19.6 Å². The van der Waals surface area contributed by atoms with Crippen LogP contribution in [0.2, 0.25) is 0 Å². The number of aromatic nitrogens is 3. The van der Waals surface area contributed by atoms with E-state index < -0.39 is 5.60 Å². The summed E-state index contributed by atoms with van der Waals surface area (Å²) < 4.78 is 11.7. The monoisotopic (exact) mass is 507 g/mol. The molecular formula is C27H37N7O3. The molecular weight excluding hydrogens is 470 g/mol. The van der Waals surface area contributed by atoms with Gasteiger partial charge in [0.25, 0.3) is 0 Å². The van der Waals surface area contributed by atoms with Crippen molar-refractivity contribution in [3.05, 3.63) is 41.7 Å². The van der Waals surface area contributed by atoms with Gasteiger partial charge in [-0.25, -0.2) is 19.7 Å². The highest BCUT2D eigenvalue weighted by molar-refractivity contribution is 5.78. The maximum atomic E-state index is 12.4. The van der Waals surface area contributed by atoms with Crippen LogP contribution in [0.5, 0.6) is 0 Å². The Morgan fingerprint density at radius 1 is 0.973 bits per heavy atom. The van der Waals surface area contributed by atoms with Crippen LogP contribution in [-0.2, 0) is 11.3 Å². The third-order valence-electron chi connectivity index (χ3n) is 7.05. The number of carbonyl (C=O) groups excluding carboxylic acids is 1. The molecule has 0 spiro atoms. The number of hydrogen-bond acceptors (Lipinski definition) is 9. The van der Waals surface area contributed by atoms with Gasteiger partial charge in [0.15, 0.2) is 5.58 Å². The van der Waals surface area contributed by atoms with Crippen molar-refractivity contribution >= 4 is 28.7 Å². The molecule has 0 bridgehead atoms. The van der Waals surface area contributed by atoms with Crippen LogP contribution in [0.3, 0.4) is 0 Å². The van der Waals surface area contributed by atoms with Crippen molar-refractivity contribution in [1.29, 1.82) is 0 Å². The summed E-state index contributed by atoms with van der Waals surface area (Å²) >= 11 is 0. The Balaban J connectivity index is 1.17. The second kappa shape index (κ2) is 10.2. The molecule has 0 atom stereocenters. The highest BCUT2D eigenvalue weighted by Crippen LogP contribution is 2.26. The number of carbonyl (C=O) groups is 1. The van der Waals surface area contributed by atoms with Gasteiger partial charge in [0.1, 0.15) is 23.3 Å². The zero-order valence-electron chi connectivity index (χ0n) is 22.5. The van der Waals surface area contributed by atoms with E-state index >= 15 is 0 Å². The Kier molecular flexibility index (Phi) is 6.94. The molecule has 37 heavy (non-hydrogen) atoms. The van der Waals surface area contributed by atoms with Crippen molar-refractivity contribution in [2.75, 3.05) is 62.2 Å². The molecule has 0 radical (unpaired) electrons. The van der Waals surface area contributed by atoms with E-state index in [-0.39, 0.29) is 6.09 Å². The van der Waals surface area contributed by atoms with Crippen LogP contribution >= 0.6 is 0 Å². The summed E-state index contributed by atoms with van der Waals surface area (Å²) in [7, 11) is 0. The van der Waals surface area contributed by atoms with E-state index in [1.165, 1.54) is 0 Å². The first-order chi connectivity index (χ1) is 17.7. The second-order valence-electron chi connectivity index (χ2n) is 10.9.